The summed E-state index contributed by atoms with van der Waals surface area (Å²) in [4.78, 5) is 4.91. The van der Waals surface area contributed by atoms with Crippen molar-refractivity contribution in [2.24, 2.45) is 0 Å². The zero-order valence-corrected chi connectivity index (χ0v) is 26.8. The first kappa shape index (κ1) is 31.7. The molecule has 1 saturated carbocycles. The number of para-hydroxylation sites is 1. The molecular formula is C35H47N3O6. The van der Waals surface area contributed by atoms with Crippen molar-refractivity contribution < 1.29 is 28.6 Å². The van der Waals surface area contributed by atoms with Gasteiger partial charge in [-0.05, 0) is 67.6 Å². The third-order valence-corrected chi connectivity index (χ3v) is 9.00. The second kappa shape index (κ2) is 14.9. The highest BCUT2D eigenvalue weighted by Crippen LogP contribution is 2.39. The van der Waals surface area contributed by atoms with Crippen LogP contribution in [0.2, 0.25) is 0 Å². The predicted octanol–water partition coefficient (Wildman–Crippen LogP) is 6.18. The molecule has 2 aromatic carbocycles. The number of methoxy groups -OCH3 is 3. The fourth-order valence-electron chi connectivity index (χ4n) is 6.50. The normalized spacial score (nSPS) is 18.9. The minimum absolute atomic E-state index is 0.142. The van der Waals surface area contributed by atoms with Crippen molar-refractivity contribution in [3.05, 3.63) is 58.8 Å². The standard InChI is InChI=1S/C35H47N3O6/c1-24-21-38(30-14-10-9-13-29(30)26-11-7-6-8-12-26)18-17-37(24)22-28(39)23-43-32-20-34(41-4)33(40-3)19-27(32)15-16-31-25(2)35(42-5)36-44-31/h9-10,13-16,19-20,24,26,28,39H,6-8,11-12,17-18,21-23H2,1-5H3/b16-15+. The van der Waals surface area contributed by atoms with Gasteiger partial charge < -0.3 is 33.5 Å². The van der Waals surface area contributed by atoms with Gasteiger partial charge >= 0.3 is 0 Å². The van der Waals surface area contributed by atoms with E-state index in [2.05, 4.69) is 46.1 Å². The van der Waals surface area contributed by atoms with Crippen molar-refractivity contribution in [3.8, 4) is 23.1 Å². The molecule has 2 heterocycles. The maximum absolute atomic E-state index is 11.1. The third-order valence-electron chi connectivity index (χ3n) is 9.00. The molecule has 2 atom stereocenters. The van der Waals surface area contributed by atoms with Crippen molar-refractivity contribution in [2.45, 2.75) is 64.0 Å². The van der Waals surface area contributed by atoms with E-state index < -0.39 is 6.10 Å². The lowest BCUT2D eigenvalue weighted by atomic mass is 9.83. The van der Waals surface area contributed by atoms with Crippen LogP contribution in [0.5, 0.6) is 23.1 Å². The fraction of sp³-hybridized carbons (Fsp3) is 0.514. The molecule has 44 heavy (non-hydrogen) atoms. The van der Waals surface area contributed by atoms with Gasteiger partial charge in [-0.1, -0.05) is 37.5 Å². The van der Waals surface area contributed by atoms with Crippen LogP contribution in [0, 0.1) is 6.92 Å². The maximum Gasteiger partial charge on any atom is 0.257 e. The lowest BCUT2D eigenvalue weighted by molar-refractivity contribution is 0.0511. The van der Waals surface area contributed by atoms with E-state index in [0.717, 1.165) is 30.8 Å². The molecule has 9 heteroatoms. The lowest BCUT2D eigenvalue weighted by Gasteiger charge is -2.43. The zero-order chi connectivity index (χ0) is 31.1. The van der Waals surface area contributed by atoms with Crippen molar-refractivity contribution in [3.63, 3.8) is 0 Å². The Morgan fingerprint density at radius 2 is 1.73 bits per heavy atom. The molecule has 2 aliphatic rings. The van der Waals surface area contributed by atoms with Crippen molar-refractivity contribution >= 4 is 17.8 Å². The SMILES string of the molecule is COc1cc(/C=C/c2onc(OC)c2C)c(OCC(O)CN2CCN(c3ccccc3C3CCCCC3)CC2C)cc1OC. The number of hydrogen-bond acceptors (Lipinski definition) is 9. The van der Waals surface area contributed by atoms with E-state index in [9.17, 15) is 5.11 Å². The summed E-state index contributed by atoms with van der Waals surface area (Å²) in [5, 5.41) is 15.0. The number of benzene rings is 2. The summed E-state index contributed by atoms with van der Waals surface area (Å²) in [7, 11) is 4.74. The highest BCUT2D eigenvalue weighted by molar-refractivity contribution is 5.74. The molecule has 9 nitrogen and oxygen atoms in total. The summed E-state index contributed by atoms with van der Waals surface area (Å²) in [5.41, 5.74) is 4.46. The summed E-state index contributed by atoms with van der Waals surface area (Å²) in [5.74, 6) is 3.39. The number of rotatable bonds is 12. The first-order chi connectivity index (χ1) is 21.4. The number of aromatic nitrogens is 1. The van der Waals surface area contributed by atoms with Crippen LogP contribution >= 0.6 is 0 Å². The molecule has 0 amide bonds. The molecule has 0 spiro atoms. The van der Waals surface area contributed by atoms with E-state index >= 15 is 0 Å². The van der Waals surface area contributed by atoms with Gasteiger partial charge in [0.25, 0.3) is 5.88 Å². The van der Waals surface area contributed by atoms with Crippen molar-refractivity contribution in [1.29, 1.82) is 0 Å². The summed E-state index contributed by atoms with van der Waals surface area (Å²) in [6, 6.07) is 12.9. The average molecular weight is 606 g/mol. The Morgan fingerprint density at radius 3 is 2.43 bits per heavy atom. The molecule has 1 saturated heterocycles. The van der Waals surface area contributed by atoms with Gasteiger partial charge in [0.15, 0.2) is 17.3 Å². The highest BCUT2D eigenvalue weighted by atomic mass is 16.5. The van der Waals surface area contributed by atoms with Gasteiger partial charge in [-0.25, -0.2) is 0 Å². The van der Waals surface area contributed by atoms with Gasteiger partial charge in [0.2, 0.25) is 0 Å². The number of hydrogen-bond donors (Lipinski definition) is 1. The van der Waals surface area contributed by atoms with Gasteiger partial charge in [-0.15, -0.1) is 0 Å². The monoisotopic (exact) mass is 605 g/mol. The molecule has 0 bridgehead atoms. The maximum atomic E-state index is 11.1. The number of piperazine rings is 1. The smallest absolute Gasteiger partial charge is 0.257 e. The van der Waals surface area contributed by atoms with E-state index in [1.165, 1.54) is 43.4 Å². The largest absolute Gasteiger partial charge is 0.493 e. The van der Waals surface area contributed by atoms with Crippen LogP contribution in [0.25, 0.3) is 12.2 Å². The Labute approximate surface area is 261 Å². The molecule has 238 valence electrons. The van der Waals surface area contributed by atoms with E-state index in [1.807, 2.05) is 25.1 Å². The van der Waals surface area contributed by atoms with Crippen LogP contribution in [0.4, 0.5) is 5.69 Å². The van der Waals surface area contributed by atoms with Crippen LogP contribution in [-0.4, -0.2) is 81.4 Å². The minimum Gasteiger partial charge on any atom is -0.493 e. The van der Waals surface area contributed by atoms with Gasteiger partial charge in [0, 0.05) is 49.5 Å². The first-order valence-corrected chi connectivity index (χ1v) is 15.7. The second-order valence-corrected chi connectivity index (χ2v) is 11.9. The third kappa shape index (κ3) is 7.33. The van der Waals surface area contributed by atoms with E-state index in [4.69, 9.17) is 23.5 Å². The number of aliphatic hydroxyl groups is 1. The summed E-state index contributed by atoms with van der Waals surface area (Å²) >= 11 is 0. The van der Waals surface area contributed by atoms with E-state index in [0.29, 0.717) is 47.4 Å². The highest BCUT2D eigenvalue weighted by Gasteiger charge is 2.28. The molecule has 1 aromatic heterocycles. The summed E-state index contributed by atoms with van der Waals surface area (Å²) in [6.07, 6.45) is 9.63. The molecular weight excluding hydrogens is 558 g/mol. The average Bonchev–Trinajstić information content (AvgIpc) is 3.42. The lowest BCUT2D eigenvalue weighted by Crippen LogP contribution is -2.54. The topological polar surface area (TPSA) is 89.7 Å². The summed E-state index contributed by atoms with van der Waals surface area (Å²) < 4.78 is 27.9. The number of β-amino-alcohol motifs (C(OH)–C–C–N with tert-alkyl or cyclic N) is 1. The first-order valence-electron chi connectivity index (χ1n) is 15.7. The molecule has 3 aromatic rings. The Bertz CT molecular complexity index is 1400. The minimum atomic E-state index is -0.663. The molecule has 5 rings (SSSR count). The Hall–Kier alpha value is -3.69. The molecule has 1 aliphatic carbocycles. The van der Waals surface area contributed by atoms with Gasteiger partial charge in [0.05, 0.1) is 26.9 Å². The molecule has 1 N–H and O–H groups in total. The zero-order valence-electron chi connectivity index (χ0n) is 26.8. The molecule has 2 unspecified atom stereocenters. The van der Waals surface area contributed by atoms with Crippen LogP contribution in [-0.2, 0) is 0 Å². The van der Waals surface area contributed by atoms with Crippen molar-refractivity contribution in [2.75, 3.05) is 59.0 Å². The van der Waals surface area contributed by atoms with Crippen LogP contribution in [0.1, 0.15) is 67.4 Å². The number of nitrogens with zero attached hydrogens (tertiary/aromatic N) is 3. The van der Waals surface area contributed by atoms with Crippen LogP contribution in [0.3, 0.4) is 0 Å². The molecule has 2 fully saturated rings. The number of ether oxygens (including phenoxy) is 4. The predicted molar refractivity (Wildman–Crippen MR) is 173 cm³/mol. The van der Waals surface area contributed by atoms with Crippen LogP contribution in [0.15, 0.2) is 40.9 Å². The Balaban J connectivity index is 1.22. The Morgan fingerprint density at radius 1 is 0.977 bits per heavy atom. The number of anilines is 1. The van der Waals surface area contributed by atoms with Crippen LogP contribution < -0.4 is 23.8 Å². The molecule has 1 aliphatic heterocycles. The Kier molecular flexibility index (Phi) is 10.7. The van der Waals surface area contributed by atoms with E-state index in [1.54, 1.807) is 27.4 Å². The van der Waals surface area contributed by atoms with Gasteiger partial charge in [-0.3, -0.25) is 4.90 Å². The number of aliphatic hydroxyl groups excluding tert-OH is 1. The van der Waals surface area contributed by atoms with Gasteiger partial charge in [0.1, 0.15) is 18.5 Å². The second-order valence-electron chi connectivity index (χ2n) is 11.9. The van der Waals surface area contributed by atoms with E-state index in [-0.39, 0.29) is 6.61 Å². The summed E-state index contributed by atoms with van der Waals surface area (Å²) in [6.45, 7) is 7.58. The van der Waals surface area contributed by atoms with Gasteiger partial charge in [-0.2, -0.15) is 0 Å². The quantitative estimate of drug-likeness (QED) is 0.260. The molecule has 0 radical (unpaired) electrons. The van der Waals surface area contributed by atoms with Crippen molar-refractivity contribution in [1.82, 2.24) is 10.1 Å². The fourth-order valence-corrected chi connectivity index (χ4v) is 6.50.